The van der Waals surface area contributed by atoms with Crippen molar-refractivity contribution in [1.29, 1.82) is 0 Å². The van der Waals surface area contributed by atoms with E-state index in [1.165, 1.54) is 12.7 Å². The summed E-state index contributed by atoms with van der Waals surface area (Å²) in [6.45, 7) is 6.85. The van der Waals surface area contributed by atoms with E-state index in [1.807, 2.05) is 6.07 Å². The van der Waals surface area contributed by atoms with Crippen LogP contribution in [0.4, 0.5) is 0 Å². The van der Waals surface area contributed by atoms with E-state index < -0.39 is 0 Å². The van der Waals surface area contributed by atoms with E-state index >= 15 is 0 Å². The molecule has 0 radical (unpaired) electrons. The molecule has 0 heterocycles. The van der Waals surface area contributed by atoms with Crippen LogP contribution in [0.3, 0.4) is 0 Å². The van der Waals surface area contributed by atoms with Gasteiger partial charge < -0.3 is 10.1 Å². The highest BCUT2D eigenvalue weighted by molar-refractivity contribution is 9.10. The number of methoxy groups -OCH3 is 1. The Hall–Kier alpha value is -0.870. The molecule has 1 rings (SSSR count). The number of hydrogen-bond donors (Lipinski definition) is 1. The van der Waals surface area contributed by atoms with Gasteiger partial charge in [-0.25, -0.2) is 0 Å². The first-order valence-electron chi connectivity index (χ1n) is 6.55. The van der Waals surface area contributed by atoms with Gasteiger partial charge in [-0.2, -0.15) is 0 Å². The smallest absolute Gasteiger partial charge is 0.323 e. The number of halogens is 1. The minimum Gasteiger partial charge on any atom is -0.468 e. The largest absolute Gasteiger partial charge is 0.468 e. The summed E-state index contributed by atoms with van der Waals surface area (Å²) in [5, 5.41) is 3.29. The Morgan fingerprint density at radius 3 is 2.68 bits per heavy atom. The van der Waals surface area contributed by atoms with Gasteiger partial charge in [0.1, 0.15) is 6.04 Å². The van der Waals surface area contributed by atoms with Crippen LogP contribution in [0, 0.1) is 12.8 Å². The number of esters is 1. The van der Waals surface area contributed by atoms with Gasteiger partial charge in [-0.1, -0.05) is 48.3 Å². The van der Waals surface area contributed by atoms with Gasteiger partial charge in [-0.05, 0) is 30.0 Å². The SMILES string of the molecule is CCC(C)C(NCc1ccc(Br)c(C)c1)C(=O)OC. The summed E-state index contributed by atoms with van der Waals surface area (Å²) in [5.41, 5.74) is 2.36. The first kappa shape index (κ1) is 16.2. The summed E-state index contributed by atoms with van der Waals surface area (Å²) in [6.07, 6.45) is 0.937. The van der Waals surface area contributed by atoms with Crippen molar-refractivity contribution in [3.8, 4) is 0 Å². The zero-order chi connectivity index (χ0) is 14.4. The second kappa shape index (κ2) is 7.65. The molecule has 1 aromatic carbocycles. The molecule has 0 aliphatic carbocycles. The summed E-state index contributed by atoms with van der Waals surface area (Å²) >= 11 is 3.48. The van der Waals surface area contributed by atoms with Gasteiger partial charge in [0.2, 0.25) is 0 Å². The van der Waals surface area contributed by atoms with Crippen LogP contribution in [0.15, 0.2) is 22.7 Å². The molecule has 2 unspecified atom stereocenters. The molecule has 0 spiro atoms. The standard InChI is InChI=1S/C15H22BrNO2/c1-5-10(2)14(15(18)19-4)17-9-12-6-7-13(16)11(3)8-12/h6-8,10,14,17H,5,9H2,1-4H3. The van der Waals surface area contributed by atoms with Crippen molar-refractivity contribution in [3.05, 3.63) is 33.8 Å². The first-order valence-corrected chi connectivity index (χ1v) is 7.35. The summed E-state index contributed by atoms with van der Waals surface area (Å²) in [4.78, 5) is 11.8. The maximum absolute atomic E-state index is 11.8. The fraction of sp³-hybridized carbons (Fsp3) is 0.533. The lowest BCUT2D eigenvalue weighted by Gasteiger charge is -2.22. The number of rotatable bonds is 6. The Kier molecular flexibility index (Phi) is 6.52. The molecule has 0 fully saturated rings. The van der Waals surface area contributed by atoms with Gasteiger partial charge in [-0.3, -0.25) is 4.79 Å². The van der Waals surface area contributed by atoms with Crippen LogP contribution in [0.1, 0.15) is 31.4 Å². The molecule has 0 amide bonds. The van der Waals surface area contributed by atoms with Gasteiger partial charge in [0.15, 0.2) is 0 Å². The van der Waals surface area contributed by atoms with E-state index in [9.17, 15) is 4.79 Å². The van der Waals surface area contributed by atoms with Gasteiger partial charge >= 0.3 is 5.97 Å². The fourth-order valence-corrected chi connectivity index (χ4v) is 2.17. The molecule has 0 aliphatic rings. The molecular formula is C15H22BrNO2. The second-order valence-corrected chi connectivity index (χ2v) is 5.71. The van der Waals surface area contributed by atoms with Gasteiger partial charge in [0, 0.05) is 11.0 Å². The summed E-state index contributed by atoms with van der Waals surface area (Å²) < 4.78 is 5.96. The molecule has 0 aliphatic heterocycles. The van der Waals surface area contributed by atoms with Crippen molar-refractivity contribution in [3.63, 3.8) is 0 Å². The highest BCUT2D eigenvalue weighted by atomic mass is 79.9. The average molecular weight is 328 g/mol. The number of carbonyl (C=O) groups is 1. The van der Waals surface area contributed by atoms with Crippen molar-refractivity contribution in [2.75, 3.05) is 7.11 Å². The molecule has 106 valence electrons. The third-order valence-corrected chi connectivity index (χ3v) is 4.31. The molecule has 1 aromatic rings. The minimum atomic E-state index is -0.251. The Bertz CT molecular complexity index is 434. The van der Waals surface area contributed by atoms with Crippen LogP contribution >= 0.6 is 15.9 Å². The summed E-state index contributed by atoms with van der Waals surface area (Å²) in [7, 11) is 1.43. The number of nitrogens with one attached hydrogen (secondary N) is 1. The lowest BCUT2D eigenvalue weighted by Crippen LogP contribution is -2.42. The number of aryl methyl sites for hydroxylation is 1. The quantitative estimate of drug-likeness (QED) is 0.813. The van der Waals surface area contributed by atoms with Gasteiger partial charge in [0.25, 0.3) is 0 Å². The van der Waals surface area contributed by atoms with Crippen LogP contribution in [0.5, 0.6) is 0 Å². The topological polar surface area (TPSA) is 38.3 Å². The Morgan fingerprint density at radius 2 is 2.16 bits per heavy atom. The average Bonchev–Trinajstić information content (AvgIpc) is 2.42. The molecular weight excluding hydrogens is 306 g/mol. The van der Waals surface area contributed by atoms with Crippen molar-refractivity contribution in [2.24, 2.45) is 5.92 Å². The van der Waals surface area contributed by atoms with E-state index in [2.05, 4.69) is 54.2 Å². The fourth-order valence-electron chi connectivity index (χ4n) is 1.92. The van der Waals surface area contributed by atoms with Crippen LogP contribution in [-0.4, -0.2) is 19.1 Å². The van der Waals surface area contributed by atoms with Gasteiger partial charge in [-0.15, -0.1) is 0 Å². The zero-order valence-electron chi connectivity index (χ0n) is 12.0. The predicted octanol–water partition coefficient (Wildman–Crippen LogP) is 3.43. The Morgan fingerprint density at radius 1 is 1.47 bits per heavy atom. The van der Waals surface area contributed by atoms with Crippen LogP contribution in [-0.2, 0) is 16.1 Å². The normalized spacial score (nSPS) is 13.9. The van der Waals surface area contributed by atoms with E-state index in [0.717, 1.165) is 16.5 Å². The van der Waals surface area contributed by atoms with Crippen molar-refractivity contribution in [2.45, 2.75) is 39.8 Å². The van der Waals surface area contributed by atoms with Crippen LogP contribution < -0.4 is 5.32 Å². The third kappa shape index (κ3) is 4.62. The maximum atomic E-state index is 11.8. The van der Waals surface area contributed by atoms with Crippen LogP contribution in [0.25, 0.3) is 0 Å². The lowest BCUT2D eigenvalue weighted by atomic mass is 9.99. The molecule has 1 N–H and O–H groups in total. The number of ether oxygens (including phenoxy) is 1. The molecule has 0 bridgehead atoms. The number of carbonyl (C=O) groups excluding carboxylic acids is 1. The predicted molar refractivity (Wildman–Crippen MR) is 81.0 cm³/mol. The summed E-state index contributed by atoms with van der Waals surface area (Å²) in [5.74, 6) is 0.0622. The van der Waals surface area contributed by atoms with E-state index in [-0.39, 0.29) is 17.9 Å². The van der Waals surface area contributed by atoms with Crippen molar-refractivity contribution < 1.29 is 9.53 Å². The summed E-state index contributed by atoms with van der Waals surface area (Å²) in [6, 6.07) is 5.94. The molecule has 0 saturated heterocycles. The third-order valence-electron chi connectivity index (χ3n) is 3.42. The minimum absolute atomic E-state index is 0.191. The van der Waals surface area contributed by atoms with Gasteiger partial charge in [0.05, 0.1) is 7.11 Å². The molecule has 2 atom stereocenters. The monoisotopic (exact) mass is 327 g/mol. The highest BCUT2D eigenvalue weighted by Gasteiger charge is 2.24. The first-order chi connectivity index (χ1) is 8.99. The molecule has 3 nitrogen and oxygen atoms in total. The zero-order valence-corrected chi connectivity index (χ0v) is 13.6. The molecule has 4 heteroatoms. The van der Waals surface area contributed by atoms with Crippen LogP contribution in [0.2, 0.25) is 0 Å². The lowest BCUT2D eigenvalue weighted by molar-refractivity contribution is -0.144. The highest BCUT2D eigenvalue weighted by Crippen LogP contribution is 2.17. The molecule has 0 saturated carbocycles. The molecule has 19 heavy (non-hydrogen) atoms. The van der Waals surface area contributed by atoms with Crippen molar-refractivity contribution in [1.82, 2.24) is 5.32 Å². The molecule has 0 aromatic heterocycles. The van der Waals surface area contributed by atoms with E-state index in [1.54, 1.807) is 0 Å². The van der Waals surface area contributed by atoms with E-state index in [4.69, 9.17) is 4.74 Å². The Balaban J connectivity index is 2.70. The second-order valence-electron chi connectivity index (χ2n) is 4.85. The number of benzene rings is 1. The number of hydrogen-bond acceptors (Lipinski definition) is 3. The maximum Gasteiger partial charge on any atom is 0.323 e. The Labute approximate surface area is 123 Å². The van der Waals surface area contributed by atoms with E-state index in [0.29, 0.717) is 6.54 Å². The van der Waals surface area contributed by atoms with Crippen molar-refractivity contribution >= 4 is 21.9 Å².